The van der Waals surface area contributed by atoms with Crippen LogP contribution in [0.4, 0.5) is 4.39 Å². The lowest BCUT2D eigenvalue weighted by Crippen LogP contribution is -2.33. The van der Waals surface area contributed by atoms with Crippen molar-refractivity contribution in [1.82, 2.24) is 19.9 Å². The van der Waals surface area contributed by atoms with Crippen molar-refractivity contribution in [3.05, 3.63) is 53.6 Å². The van der Waals surface area contributed by atoms with Gasteiger partial charge >= 0.3 is 0 Å². The first kappa shape index (κ1) is 12.3. The summed E-state index contributed by atoms with van der Waals surface area (Å²) in [5, 5.41) is 8.32. The van der Waals surface area contributed by atoms with Crippen LogP contribution in [0.2, 0.25) is 0 Å². The Labute approximate surface area is 127 Å². The summed E-state index contributed by atoms with van der Waals surface area (Å²) < 4.78 is 15.4. The molecule has 0 aliphatic carbocycles. The fourth-order valence-corrected chi connectivity index (χ4v) is 3.74. The van der Waals surface area contributed by atoms with E-state index in [0.29, 0.717) is 12.1 Å². The van der Waals surface area contributed by atoms with Gasteiger partial charge in [0.15, 0.2) is 5.65 Å². The van der Waals surface area contributed by atoms with Crippen molar-refractivity contribution in [2.24, 2.45) is 0 Å². The van der Waals surface area contributed by atoms with Gasteiger partial charge in [0.1, 0.15) is 5.82 Å². The molecule has 22 heavy (non-hydrogen) atoms. The molecule has 5 heteroatoms. The lowest BCUT2D eigenvalue weighted by molar-refractivity contribution is 0.496. The van der Waals surface area contributed by atoms with E-state index in [-0.39, 0.29) is 5.82 Å². The van der Waals surface area contributed by atoms with Gasteiger partial charge in [-0.05, 0) is 25.0 Å². The van der Waals surface area contributed by atoms with Gasteiger partial charge in [0.05, 0.1) is 11.4 Å². The normalized spacial score (nSPS) is 23.0. The zero-order valence-electron chi connectivity index (χ0n) is 12.0. The molecular weight excluding hydrogens is 279 g/mol. The number of aromatic nitrogens is 3. The van der Waals surface area contributed by atoms with Crippen molar-refractivity contribution in [3.8, 4) is 11.3 Å². The maximum Gasteiger partial charge on any atom is 0.155 e. The van der Waals surface area contributed by atoms with Crippen LogP contribution in [0.15, 0.2) is 36.5 Å². The Morgan fingerprint density at radius 3 is 3.09 bits per heavy atom. The van der Waals surface area contributed by atoms with Crippen molar-refractivity contribution < 1.29 is 4.39 Å². The molecule has 2 aromatic heterocycles. The van der Waals surface area contributed by atoms with E-state index in [9.17, 15) is 4.39 Å². The monoisotopic (exact) mass is 294 g/mol. The van der Waals surface area contributed by atoms with Crippen LogP contribution in [0.1, 0.15) is 30.1 Å². The summed E-state index contributed by atoms with van der Waals surface area (Å²) in [6.45, 7) is 0. The third kappa shape index (κ3) is 1.72. The SMILES string of the molecule is Fc1cccc(-c2cc3ncc4c(n3n2)CC2CCC4N2)c1. The van der Waals surface area contributed by atoms with Crippen LogP contribution >= 0.6 is 0 Å². The van der Waals surface area contributed by atoms with Crippen LogP contribution in [0.5, 0.6) is 0 Å². The lowest BCUT2D eigenvalue weighted by Gasteiger charge is -2.24. The molecule has 2 bridgehead atoms. The van der Waals surface area contributed by atoms with E-state index in [4.69, 9.17) is 5.10 Å². The van der Waals surface area contributed by atoms with Crippen LogP contribution < -0.4 is 5.32 Å². The number of hydrogen-bond donors (Lipinski definition) is 1. The van der Waals surface area contributed by atoms with Crippen molar-refractivity contribution in [2.75, 3.05) is 0 Å². The first-order valence-electron chi connectivity index (χ1n) is 7.67. The lowest BCUT2D eigenvalue weighted by atomic mass is 10.0. The fourth-order valence-electron chi connectivity index (χ4n) is 3.74. The predicted molar refractivity (Wildman–Crippen MR) is 81.0 cm³/mol. The molecule has 110 valence electrons. The van der Waals surface area contributed by atoms with Gasteiger partial charge in [0.25, 0.3) is 0 Å². The molecule has 0 saturated carbocycles. The smallest absolute Gasteiger partial charge is 0.155 e. The van der Waals surface area contributed by atoms with Crippen LogP contribution in [0.3, 0.4) is 0 Å². The summed E-state index contributed by atoms with van der Waals surface area (Å²) in [6, 6.07) is 9.43. The van der Waals surface area contributed by atoms with Crippen molar-refractivity contribution >= 4 is 5.65 Å². The van der Waals surface area contributed by atoms with E-state index in [0.717, 1.165) is 23.3 Å². The molecule has 4 nitrogen and oxygen atoms in total. The minimum Gasteiger partial charge on any atom is -0.307 e. The first-order valence-corrected chi connectivity index (χ1v) is 7.67. The summed E-state index contributed by atoms with van der Waals surface area (Å²) in [5.41, 5.74) is 4.90. The van der Waals surface area contributed by atoms with E-state index in [1.807, 2.05) is 22.8 Å². The van der Waals surface area contributed by atoms with Gasteiger partial charge in [0.2, 0.25) is 0 Å². The van der Waals surface area contributed by atoms with Crippen molar-refractivity contribution in [3.63, 3.8) is 0 Å². The summed E-state index contributed by atoms with van der Waals surface area (Å²) in [6.07, 6.45) is 5.33. The second kappa shape index (κ2) is 4.36. The molecule has 1 aromatic carbocycles. The molecule has 1 N–H and O–H groups in total. The molecule has 0 spiro atoms. The van der Waals surface area contributed by atoms with Crippen molar-refractivity contribution in [2.45, 2.75) is 31.3 Å². The molecule has 3 aromatic rings. The van der Waals surface area contributed by atoms with Gasteiger partial charge in [-0.2, -0.15) is 5.10 Å². The number of nitrogens with zero attached hydrogens (tertiary/aromatic N) is 3. The van der Waals surface area contributed by atoms with Crippen LogP contribution in [-0.2, 0) is 6.42 Å². The van der Waals surface area contributed by atoms with Crippen molar-refractivity contribution in [1.29, 1.82) is 0 Å². The Morgan fingerprint density at radius 1 is 1.23 bits per heavy atom. The quantitative estimate of drug-likeness (QED) is 0.750. The Balaban J connectivity index is 1.70. The van der Waals surface area contributed by atoms with Gasteiger partial charge in [-0.25, -0.2) is 13.9 Å². The molecule has 2 aliphatic rings. The molecule has 2 unspecified atom stereocenters. The number of rotatable bonds is 1. The minimum atomic E-state index is -0.244. The van der Waals surface area contributed by atoms with E-state index >= 15 is 0 Å². The zero-order chi connectivity index (χ0) is 14.7. The highest BCUT2D eigenvalue weighted by Gasteiger charge is 2.34. The highest BCUT2D eigenvalue weighted by atomic mass is 19.1. The molecule has 1 saturated heterocycles. The third-order valence-electron chi connectivity index (χ3n) is 4.79. The number of halogens is 1. The number of nitrogens with one attached hydrogen (secondary N) is 1. The van der Waals surface area contributed by atoms with Gasteiger partial charge in [0, 0.05) is 41.9 Å². The average molecular weight is 294 g/mol. The van der Waals surface area contributed by atoms with Crippen LogP contribution in [-0.4, -0.2) is 20.6 Å². The number of benzene rings is 1. The maximum absolute atomic E-state index is 13.4. The fraction of sp³-hybridized carbons (Fsp3) is 0.294. The molecule has 1 fully saturated rings. The number of fused-ring (bicyclic) bond motifs is 6. The summed E-state index contributed by atoms with van der Waals surface area (Å²) in [5.74, 6) is -0.244. The second-order valence-corrected chi connectivity index (χ2v) is 6.17. The maximum atomic E-state index is 13.4. The van der Waals surface area contributed by atoms with Gasteiger partial charge in [-0.1, -0.05) is 12.1 Å². The minimum absolute atomic E-state index is 0.244. The molecule has 2 atom stereocenters. The van der Waals surface area contributed by atoms with Gasteiger partial charge in [-0.3, -0.25) is 0 Å². The zero-order valence-corrected chi connectivity index (χ0v) is 12.0. The molecule has 2 aliphatic heterocycles. The topological polar surface area (TPSA) is 42.2 Å². The number of hydrogen-bond acceptors (Lipinski definition) is 3. The second-order valence-electron chi connectivity index (χ2n) is 6.17. The molecule has 4 heterocycles. The van der Waals surface area contributed by atoms with Gasteiger partial charge in [-0.15, -0.1) is 0 Å². The summed E-state index contributed by atoms with van der Waals surface area (Å²) >= 11 is 0. The highest BCUT2D eigenvalue weighted by molar-refractivity contribution is 5.64. The highest BCUT2D eigenvalue weighted by Crippen LogP contribution is 2.35. The molecular formula is C17H15FN4. The third-order valence-corrected chi connectivity index (χ3v) is 4.79. The van der Waals surface area contributed by atoms with Crippen LogP contribution in [0, 0.1) is 5.82 Å². The average Bonchev–Trinajstić information content (AvgIpc) is 3.12. The van der Waals surface area contributed by atoms with E-state index in [2.05, 4.69) is 10.3 Å². The largest absolute Gasteiger partial charge is 0.307 e. The van der Waals surface area contributed by atoms with E-state index < -0.39 is 0 Å². The Hall–Kier alpha value is -2.27. The van der Waals surface area contributed by atoms with Crippen LogP contribution in [0.25, 0.3) is 16.9 Å². The standard InChI is InChI=1S/C17H15FN4/c18-11-3-1-2-10(6-11)15-8-17-19-9-13-14-5-4-12(20-14)7-16(13)22(17)21-15/h1-3,6,8-9,12,14,20H,4-5,7H2. The van der Waals surface area contributed by atoms with E-state index in [1.54, 1.807) is 6.07 Å². The first-order chi connectivity index (χ1) is 10.8. The Kier molecular flexibility index (Phi) is 2.44. The Bertz CT molecular complexity index is 885. The molecule has 0 radical (unpaired) electrons. The summed E-state index contributed by atoms with van der Waals surface area (Å²) in [4.78, 5) is 4.55. The van der Waals surface area contributed by atoms with E-state index in [1.165, 1.54) is 36.2 Å². The molecule has 0 amide bonds. The van der Waals surface area contributed by atoms with Gasteiger partial charge < -0.3 is 5.32 Å². The molecule has 5 rings (SSSR count). The Morgan fingerprint density at radius 2 is 2.18 bits per heavy atom. The predicted octanol–water partition coefficient (Wildman–Crippen LogP) is 2.88. The summed E-state index contributed by atoms with van der Waals surface area (Å²) in [7, 11) is 0.